The minimum Gasteiger partial charge on any atom is -0.444 e. The van der Waals surface area contributed by atoms with Crippen LogP contribution in [0.2, 0.25) is 10.2 Å². The van der Waals surface area contributed by atoms with Crippen LogP contribution in [-0.4, -0.2) is 61.3 Å². The van der Waals surface area contributed by atoms with Crippen LogP contribution in [0.15, 0.2) is 23.1 Å². The van der Waals surface area contributed by atoms with Crippen LogP contribution >= 0.6 is 23.2 Å². The van der Waals surface area contributed by atoms with Crippen LogP contribution in [0.25, 0.3) is 16.7 Å². The molecule has 11 heteroatoms. The maximum Gasteiger partial charge on any atom is 0.410 e. The summed E-state index contributed by atoms with van der Waals surface area (Å²) in [6.45, 7) is 16.3. The molecular weight excluding hydrogens is 527 g/mol. The lowest BCUT2D eigenvalue weighted by Crippen LogP contribution is -2.59. The predicted molar refractivity (Wildman–Crippen MR) is 151 cm³/mol. The number of hydrogen-bond acceptors (Lipinski definition) is 7. The number of amides is 1. The van der Waals surface area contributed by atoms with Crippen molar-refractivity contribution in [2.75, 3.05) is 18.0 Å². The fourth-order valence-corrected chi connectivity index (χ4v) is 5.27. The molecule has 1 fully saturated rings. The highest BCUT2D eigenvalue weighted by molar-refractivity contribution is 6.41. The van der Waals surface area contributed by atoms with Crippen LogP contribution in [0, 0.1) is 6.92 Å². The molecule has 0 aliphatic carbocycles. The average molecular weight is 562 g/mol. The van der Waals surface area contributed by atoms with Gasteiger partial charge >= 0.3 is 11.8 Å². The SMILES string of the molecule is Cc1ccnc(C(C)C)c1-n1c(=O)nc(N2C[C@@H](C)N(C(=O)OC(C)(C)C)[C@@H](C)C2)c2cc(Cl)c(Cl)nc21. The topological polar surface area (TPSA) is 93.5 Å². The van der Waals surface area contributed by atoms with Gasteiger partial charge in [-0.2, -0.15) is 4.98 Å². The molecule has 204 valence electrons. The molecule has 3 aromatic heterocycles. The number of carbonyl (C=O) groups is 1. The lowest BCUT2D eigenvalue weighted by atomic mass is 10.0. The predicted octanol–water partition coefficient (Wildman–Crippen LogP) is 5.75. The minimum absolute atomic E-state index is 0.0527. The number of aryl methyl sites for hydroxylation is 1. The summed E-state index contributed by atoms with van der Waals surface area (Å²) in [5.41, 5.74) is 1.51. The number of rotatable bonds is 3. The average Bonchev–Trinajstić information content (AvgIpc) is 2.78. The fourth-order valence-electron chi connectivity index (χ4n) is 4.98. The first kappa shape index (κ1) is 28.1. The Morgan fingerprint density at radius 1 is 1.13 bits per heavy atom. The number of piperazine rings is 1. The number of aromatic nitrogens is 4. The molecule has 38 heavy (non-hydrogen) atoms. The van der Waals surface area contributed by atoms with Gasteiger partial charge in [0.05, 0.1) is 33.9 Å². The molecule has 2 atom stereocenters. The molecule has 0 N–H and O–H groups in total. The number of halogens is 2. The van der Waals surface area contributed by atoms with Crippen molar-refractivity contribution in [2.45, 2.75) is 79.0 Å². The third-order valence-electron chi connectivity index (χ3n) is 6.51. The van der Waals surface area contributed by atoms with Crippen molar-refractivity contribution in [1.82, 2.24) is 24.4 Å². The number of nitrogens with zero attached hydrogens (tertiary/aromatic N) is 6. The number of anilines is 1. The van der Waals surface area contributed by atoms with Gasteiger partial charge in [0.1, 0.15) is 16.6 Å². The van der Waals surface area contributed by atoms with Crippen molar-refractivity contribution in [3.63, 3.8) is 0 Å². The van der Waals surface area contributed by atoms with E-state index in [0.717, 1.165) is 11.3 Å². The van der Waals surface area contributed by atoms with Gasteiger partial charge in [0.2, 0.25) is 0 Å². The van der Waals surface area contributed by atoms with Gasteiger partial charge in [0, 0.05) is 19.3 Å². The van der Waals surface area contributed by atoms with E-state index in [1.54, 1.807) is 17.2 Å². The Morgan fingerprint density at radius 3 is 2.34 bits per heavy atom. The van der Waals surface area contributed by atoms with Crippen LogP contribution in [0.4, 0.5) is 10.6 Å². The Balaban J connectivity index is 1.87. The summed E-state index contributed by atoms with van der Waals surface area (Å²) in [4.78, 5) is 44.0. The van der Waals surface area contributed by atoms with Gasteiger partial charge in [-0.15, -0.1) is 0 Å². The minimum atomic E-state index is -0.600. The fraction of sp³-hybridized carbons (Fsp3) is 0.519. The van der Waals surface area contributed by atoms with Gasteiger partial charge in [0.15, 0.2) is 5.65 Å². The summed E-state index contributed by atoms with van der Waals surface area (Å²) in [7, 11) is 0. The maximum absolute atomic E-state index is 13.7. The first-order chi connectivity index (χ1) is 17.7. The van der Waals surface area contributed by atoms with E-state index in [-0.39, 0.29) is 34.3 Å². The summed E-state index contributed by atoms with van der Waals surface area (Å²) in [6, 6.07) is 3.15. The van der Waals surface area contributed by atoms with Gasteiger partial charge < -0.3 is 9.64 Å². The zero-order valence-corrected chi connectivity index (χ0v) is 24.6. The first-order valence-electron chi connectivity index (χ1n) is 12.7. The van der Waals surface area contributed by atoms with E-state index in [4.69, 9.17) is 27.9 Å². The van der Waals surface area contributed by atoms with Crippen LogP contribution in [0.5, 0.6) is 0 Å². The Labute approximate surface area is 232 Å². The van der Waals surface area contributed by atoms with Gasteiger partial charge in [-0.3, -0.25) is 9.88 Å². The van der Waals surface area contributed by atoms with Crippen LogP contribution in [-0.2, 0) is 4.74 Å². The Morgan fingerprint density at radius 2 is 1.76 bits per heavy atom. The number of pyridine rings is 2. The highest BCUT2D eigenvalue weighted by atomic mass is 35.5. The quantitative estimate of drug-likeness (QED) is 0.376. The third-order valence-corrected chi connectivity index (χ3v) is 7.18. The van der Waals surface area contributed by atoms with Crippen molar-refractivity contribution in [2.24, 2.45) is 0 Å². The Hall–Kier alpha value is -2.91. The lowest BCUT2D eigenvalue weighted by Gasteiger charge is -2.45. The van der Waals surface area contributed by atoms with Crippen molar-refractivity contribution in [3.8, 4) is 5.69 Å². The summed E-state index contributed by atoms with van der Waals surface area (Å²) in [5.74, 6) is 0.499. The van der Waals surface area contributed by atoms with Crippen molar-refractivity contribution >= 4 is 46.1 Å². The van der Waals surface area contributed by atoms with Gasteiger partial charge in [-0.1, -0.05) is 37.0 Å². The van der Waals surface area contributed by atoms with E-state index >= 15 is 0 Å². The number of ether oxygens (including phenoxy) is 1. The molecule has 0 aromatic carbocycles. The summed E-state index contributed by atoms with van der Waals surface area (Å²) < 4.78 is 7.11. The summed E-state index contributed by atoms with van der Waals surface area (Å²) >= 11 is 12.8. The van der Waals surface area contributed by atoms with Crippen molar-refractivity contribution < 1.29 is 9.53 Å². The Kier molecular flexibility index (Phi) is 7.65. The highest BCUT2D eigenvalue weighted by Gasteiger charge is 2.37. The number of fused-ring (bicyclic) bond motifs is 1. The molecule has 4 rings (SSSR count). The van der Waals surface area contributed by atoms with Gasteiger partial charge in [-0.25, -0.2) is 19.1 Å². The second kappa shape index (κ2) is 10.3. The molecule has 9 nitrogen and oxygen atoms in total. The molecule has 3 aromatic rings. The molecule has 4 heterocycles. The van der Waals surface area contributed by atoms with E-state index in [2.05, 4.69) is 15.0 Å². The number of carbonyl (C=O) groups excluding carboxylic acids is 1. The normalized spacial score (nSPS) is 18.4. The summed E-state index contributed by atoms with van der Waals surface area (Å²) in [5, 5.41) is 0.934. The largest absolute Gasteiger partial charge is 0.444 e. The molecule has 0 bridgehead atoms. The molecule has 0 unspecified atom stereocenters. The van der Waals surface area contributed by atoms with E-state index in [0.29, 0.717) is 35.6 Å². The maximum atomic E-state index is 13.7. The molecule has 0 spiro atoms. The molecule has 0 saturated carbocycles. The monoisotopic (exact) mass is 560 g/mol. The zero-order valence-electron chi connectivity index (χ0n) is 23.0. The third kappa shape index (κ3) is 5.31. The van der Waals surface area contributed by atoms with Crippen molar-refractivity contribution in [1.29, 1.82) is 0 Å². The van der Waals surface area contributed by atoms with E-state index < -0.39 is 11.3 Å². The van der Waals surface area contributed by atoms with Gasteiger partial charge in [-0.05, 0) is 65.2 Å². The van der Waals surface area contributed by atoms with Crippen LogP contribution in [0.3, 0.4) is 0 Å². The zero-order chi connectivity index (χ0) is 28.1. The molecule has 0 radical (unpaired) electrons. The first-order valence-corrected chi connectivity index (χ1v) is 13.5. The number of hydrogen-bond donors (Lipinski definition) is 0. The smallest absolute Gasteiger partial charge is 0.410 e. The molecule has 1 amide bonds. The van der Waals surface area contributed by atoms with Crippen molar-refractivity contribution in [3.05, 3.63) is 50.2 Å². The van der Waals surface area contributed by atoms with Crippen LogP contribution < -0.4 is 10.6 Å². The molecule has 1 saturated heterocycles. The highest BCUT2D eigenvalue weighted by Crippen LogP contribution is 2.34. The second-order valence-electron chi connectivity index (χ2n) is 11.2. The van der Waals surface area contributed by atoms with E-state index in [1.807, 2.05) is 66.4 Å². The molecule has 1 aliphatic heterocycles. The molecular formula is C27H34Cl2N6O3. The standard InChI is InChI=1S/C27H34Cl2N6O3/c1-14(2)20-21(15(3)9-10-30-20)35-24-18(11-19(28)22(29)31-24)23(32-25(35)36)33-12-16(4)34(17(5)13-33)26(37)38-27(6,7)8/h9-11,14,16-17H,12-13H2,1-8H3/t16-,17+. The second-order valence-corrected chi connectivity index (χ2v) is 12.0. The van der Waals surface area contributed by atoms with E-state index in [9.17, 15) is 9.59 Å². The summed E-state index contributed by atoms with van der Waals surface area (Å²) in [6.07, 6.45) is 1.36. The van der Waals surface area contributed by atoms with E-state index in [1.165, 1.54) is 4.57 Å². The van der Waals surface area contributed by atoms with Crippen LogP contribution in [0.1, 0.15) is 65.6 Å². The molecule has 1 aliphatic rings. The lowest BCUT2D eigenvalue weighted by molar-refractivity contribution is 0.00562. The van der Waals surface area contributed by atoms with Gasteiger partial charge in [0.25, 0.3) is 0 Å². The Bertz CT molecular complexity index is 1440.